The Balaban J connectivity index is 1.81. The van der Waals surface area contributed by atoms with E-state index in [-0.39, 0.29) is 11.6 Å². The molecule has 2 aromatic carbocycles. The third kappa shape index (κ3) is 2.76. The van der Waals surface area contributed by atoms with Gasteiger partial charge in [-0.3, -0.25) is 0 Å². The molecule has 0 saturated heterocycles. The summed E-state index contributed by atoms with van der Waals surface area (Å²) >= 11 is 5.79. The molecule has 1 atom stereocenters. The topological polar surface area (TPSA) is 21.3 Å². The van der Waals surface area contributed by atoms with E-state index in [2.05, 4.69) is 11.4 Å². The smallest absolute Gasteiger partial charge is 0.148 e. The molecule has 1 unspecified atom stereocenters. The highest BCUT2D eigenvalue weighted by atomic mass is 35.5. The van der Waals surface area contributed by atoms with Crippen LogP contribution in [0.2, 0.25) is 5.02 Å². The summed E-state index contributed by atoms with van der Waals surface area (Å²) < 4.78 is 19.7. The lowest BCUT2D eigenvalue weighted by Crippen LogP contribution is -2.12. The Morgan fingerprint density at radius 3 is 2.90 bits per heavy atom. The molecule has 1 N–H and O–H groups in total. The van der Waals surface area contributed by atoms with E-state index >= 15 is 0 Å². The van der Waals surface area contributed by atoms with E-state index in [1.807, 2.05) is 19.2 Å². The molecule has 0 heterocycles. The summed E-state index contributed by atoms with van der Waals surface area (Å²) in [5, 5.41) is 3.43. The van der Waals surface area contributed by atoms with Crippen molar-refractivity contribution in [3.05, 3.63) is 63.9 Å². The minimum Gasteiger partial charge on any atom is -0.489 e. The maximum Gasteiger partial charge on any atom is 0.148 e. The van der Waals surface area contributed by atoms with Crippen LogP contribution >= 0.6 is 11.6 Å². The number of fused-ring (bicyclic) bond motifs is 1. The van der Waals surface area contributed by atoms with Crippen LogP contribution in [-0.2, 0) is 13.0 Å². The number of halogens is 2. The van der Waals surface area contributed by atoms with Gasteiger partial charge in [0.05, 0.1) is 5.02 Å². The zero-order valence-corrected chi connectivity index (χ0v) is 12.6. The summed E-state index contributed by atoms with van der Waals surface area (Å²) in [6, 6.07) is 11.4. The summed E-state index contributed by atoms with van der Waals surface area (Å²) in [5.41, 5.74) is 2.98. The first-order valence-corrected chi connectivity index (χ1v) is 7.43. The number of benzene rings is 2. The maximum absolute atomic E-state index is 13.9. The SMILES string of the molecule is CNC1CCc2c(OCc3cccc(Cl)c3F)cccc21. The second kappa shape index (κ2) is 6.04. The molecule has 21 heavy (non-hydrogen) atoms. The average molecular weight is 306 g/mol. The summed E-state index contributed by atoms with van der Waals surface area (Å²) in [7, 11) is 1.97. The Morgan fingerprint density at radius 2 is 2.10 bits per heavy atom. The standard InChI is InChI=1S/C17H17ClFNO/c1-20-15-9-8-13-12(15)5-3-7-16(13)21-10-11-4-2-6-14(18)17(11)19/h2-7,15,20H,8-10H2,1H3. The van der Waals surface area contributed by atoms with Crippen LogP contribution in [0.4, 0.5) is 4.39 Å². The van der Waals surface area contributed by atoms with Crippen LogP contribution in [-0.4, -0.2) is 7.05 Å². The van der Waals surface area contributed by atoms with Crippen LogP contribution in [0, 0.1) is 5.82 Å². The van der Waals surface area contributed by atoms with Crippen molar-refractivity contribution in [3.63, 3.8) is 0 Å². The molecule has 0 fully saturated rings. The average Bonchev–Trinajstić information content (AvgIpc) is 2.92. The van der Waals surface area contributed by atoms with Gasteiger partial charge in [-0.25, -0.2) is 4.39 Å². The van der Waals surface area contributed by atoms with Gasteiger partial charge in [0.15, 0.2) is 0 Å². The largest absolute Gasteiger partial charge is 0.489 e. The molecule has 0 bridgehead atoms. The van der Waals surface area contributed by atoms with Gasteiger partial charge in [0, 0.05) is 11.6 Å². The number of hydrogen-bond acceptors (Lipinski definition) is 2. The molecule has 1 aliphatic rings. The molecule has 0 spiro atoms. The van der Waals surface area contributed by atoms with Gasteiger partial charge < -0.3 is 10.1 Å². The molecule has 2 aromatic rings. The van der Waals surface area contributed by atoms with Crippen LogP contribution < -0.4 is 10.1 Å². The van der Waals surface area contributed by atoms with Crippen molar-refractivity contribution in [2.75, 3.05) is 7.05 Å². The molecular formula is C17H17ClFNO. The minimum atomic E-state index is -0.403. The lowest BCUT2D eigenvalue weighted by Gasteiger charge is -2.13. The maximum atomic E-state index is 13.9. The van der Waals surface area contributed by atoms with Crippen molar-refractivity contribution in [3.8, 4) is 5.75 Å². The van der Waals surface area contributed by atoms with Crippen molar-refractivity contribution in [2.45, 2.75) is 25.5 Å². The molecule has 110 valence electrons. The van der Waals surface area contributed by atoms with Crippen LogP contribution in [0.25, 0.3) is 0 Å². The molecule has 4 heteroatoms. The zero-order chi connectivity index (χ0) is 14.8. The first-order chi connectivity index (χ1) is 10.2. The van der Waals surface area contributed by atoms with Crippen LogP contribution in [0.1, 0.15) is 29.2 Å². The van der Waals surface area contributed by atoms with Crippen LogP contribution in [0.3, 0.4) is 0 Å². The highest BCUT2D eigenvalue weighted by Crippen LogP contribution is 2.37. The molecule has 1 aliphatic carbocycles. The van der Waals surface area contributed by atoms with Crippen LogP contribution in [0.5, 0.6) is 5.75 Å². The van der Waals surface area contributed by atoms with E-state index in [1.54, 1.807) is 12.1 Å². The molecule has 2 nitrogen and oxygen atoms in total. The monoisotopic (exact) mass is 305 g/mol. The van der Waals surface area contributed by atoms with Crippen molar-refractivity contribution in [1.29, 1.82) is 0 Å². The fourth-order valence-electron chi connectivity index (χ4n) is 2.87. The quantitative estimate of drug-likeness (QED) is 0.911. The second-order valence-corrected chi connectivity index (χ2v) is 5.61. The van der Waals surface area contributed by atoms with Gasteiger partial charge in [-0.15, -0.1) is 0 Å². The van der Waals surface area contributed by atoms with E-state index in [1.165, 1.54) is 17.2 Å². The Labute approximate surface area is 128 Å². The number of nitrogens with one attached hydrogen (secondary N) is 1. The third-order valence-electron chi connectivity index (χ3n) is 3.99. The zero-order valence-electron chi connectivity index (χ0n) is 11.8. The van der Waals surface area contributed by atoms with Gasteiger partial charge in [-0.05, 0) is 43.1 Å². The highest BCUT2D eigenvalue weighted by Gasteiger charge is 2.23. The minimum absolute atomic E-state index is 0.129. The molecule has 0 amide bonds. The summed E-state index contributed by atoms with van der Waals surface area (Å²) in [5.74, 6) is 0.435. The second-order valence-electron chi connectivity index (χ2n) is 5.21. The van der Waals surface area contributed by atoms with E-state index < -0.39 is 5.82 Å². The van der Waals surface area contributed by atoms with E-state index in [4.69, 9.17) is 16.3 Å². The van der Waals surface area contributed by atoms with E-state index in [9.17, 15) is 4.39 Å². The van der Waals surface area contributed by atoms with Gasteiger partial charge in [0.1, 0.15) is 18.2 Å². The number of hydrogen-bond donors (Lipinski definition) is 1. The molecule has 0 saturated carbocycles. The first kappa shape index (κ1) is 14.4. The number of ether oxygens (including phenoxy) is 1. The first-order valence-electron chi connectivity index (χ1n) is 7.05. The predicted molar refractivity (Wildman–Crippen MR) is 82.3 cm³/mol. The van der Waals surface area contributed by atoms with Gasteiger partial charge in [-0.1, -0.05) is 35.9 Å². The Morgan fingerprint density at radius 1 is 1.29 bits per heavy atom. The Hall–Kier alpha value is -1.58. The summed E-state index contributed by atoms with van der Waals surface area (Å²) in [6.45, 7) is 0.188. The highest BCUT2D eigenvalue weighted by molar-refractivity contribution is 6.30. The van der Waals surface area contributed by atoms with Gasteiger partial charge in [-0.2, -0.15) is 0 Å². The van der Waals surface area contributed by atoms with Crippen LogP contribution in [0.15, 0.2) is 36.4 Å². The molecule has 0 radical (unpaired) electrons. The normalized spacial score (nSPS) is 16.8. The molecule has 0 aliphatic heterocycles. The van der Waals surface area contributed by atoms with Crippen molar-refractivity contribution < 1.29 is 9.13 Å². The van der Waals surface area contributed by atoms with Crippen molar-refractivity contribution >= 4 is 11.6 Å². The fraction of sp³-hybridized carbons (Fsp3) is 0.294. The molecular weight excluding hydrogens is 289 g/mol. The van der Waals surface area contributed by atoms with Gasteiger partial charge in [0.25, 0.3) is 0 Å². The van der Waals surface area contributed by atoms with Crippen molar-refractivity contribution in [2.24, 2.45) is 0 Å². The van der Waals surface area contributed by atoms with E-state index in [0.717, 1.165) is 18.6 Å². The lowest BCUT2D eigenvalue weighted by atomic mass is 10.1. The fourth-order valence-corrected chi connectivity index (χ4v) is 3.07. The lowest BCUT2D eigenvalue weighted by molar-refractivity contribution is 0.297. The van der Waals surface area contributed by atoms with Crippen molar-refractivity contribution in [1.82, 2.24) is 5.32 Å². The Bertz CT molecular complexity index is 659. The molecule has 3 rings (SSSR count). The third-order valence-corrected chi connectivity index (χ3v) is 4.28. The molecule has 0 aromatic heterocycles. The predicted octanol–water partition coefficient (Wildman–Crippen LogP) is 4.26. The number of rotatable bonds is 4. The van der Waals surface area contributed by atoms with E-state index in [0.29, 0.717) is 11.6 Å². The van der Waals surface area contributed by atoms with Gasteiger partial charge >= 0.3 is 0 Å². The summed E-state index contributed by atoms with van der Waals surface area (Å²) in [4.78, 5) is 0. The summed E-state index contributed by atoms with van der Waals surface area (Å²) in [6.07, 6.45) is 2.05. The Kier molecular flexibility index (Phi) is 4.13. The van der Waals surface area contributed by atoms with Gasteiger partial charge in [0.2, 0.25) is 0 Å².